The molecule has 9 heteroatoms. The van der Waals surface area contributed by atoms with Crippen molar-refractivity contribution in [2.24, 2.45) is 13.0 Å². The van der Waals surface area contributed by atoms with Crippen molar-refractivity contribution < 1.29 is 9.32 Å². The molecular weight excluding hydrogens is 404 g/mol. The van der Waals surface area contributed by atoms with E-state index >= 15 is 0 Å². The molecule has 3 heterocycles. The number of hydrogen-bond donors (Lipinski definition) is 2. The lowest BCUT2D eigenvalue weighted by Crippen LogP contribution is -2.36. The van der Waals surface area contributed by atoms with Gasteiger partial charge in [-0.25, -0.2) is 0 Å². The Morgan fingerprint density at radius 2 is 2.10 bits per heavy atom. The van der Waals surface area contributed by atoms with Crippen LogP contribution in [0, 0.1) is 5.92 Å². The summed E-state index contributed by atoms with van der Waals surface area (Å²) in [4.78, 5) is 17.4. The first-order valence-corrected chi connectivity index (χ1v) is 9.97. The molecule has 0 aliphatic carbocycles. The monoisotopic (exact) mass is 430 g/mol. The molecule has 0 radical (unpaired) electrons. The Kier molecular flexibility index (Phi) is 6.89. The van der Waals surface area contributed by atoms with Crippen molar-refractivity contribution in [2.45, 2.75) is 32.2 Å². The molecule has 3 aromatic rings. The highest BCUT2D eigenvalue weighted by Gasteiger charge is 2.35. The van der Waals surface area contributed by atoms with Gasteiger partial charge in [-0.15, -0.1) is 12.4 Å². The number of hydrogen-bond acceptors (Lipinski definition) is 6. The first kappa shape index (κ1) is 22.0. The maximum Gasteiger partial charge on any atom is 0.249 e. The first-order valence-electron chi connectivity index (χ1n) is 9.97. The highest BCUT2D eigenvalue weighted by molar-refractivity contribution is 5.85. The van der Waals surface area contributed by atoms with Gasteiger partial charge in [-0.3, -0.25) is 9.48 Å². The van der Waals surface area contributed by atoms with E-state index in [2.05, 4.69) is 44.9 Å². The van der Waals surface area contributed by atoms with Crippen LogP contribution in [0.3, 0.4) is 0 Å². The summed E-state index contributed by atoms with van der Waals surface area (Å²) in [6.45, 7) is 5.37. The third-order valence-corrected chi connectivity index (χ3v) is 5.50. The molecule has 1 aromatic carbocycles. The number of rotatable bonds is 6. The largest absolute Gasteiger partial charge is 0.344 e. The van der Waals surface area contributed by atoms with Crippen LogP contribution in [-0.4, -0.2) is 38.9 Å². The average molecular weight is 431 g/mol. The predicted octanol–water partition coefficient (Wildman–Crippen LogP) is 2.63. The Labute approximate surface area is 181 Å². The summed E-state index contributed by atoms with van der Waals surface area (Å²) in [5.41, 5.74) is 3.22. The Morgan fingerprint density at radius 3 is 2.77 bits per heavy atom. The summed E-state index contributed by atoms with van der Waals surface area (Å²) >= 11 is 0. The number of nitrogens with zero attached hydrogens (tertiary/aromatic N) is 4. The third kappa shape index (κ3) is 4.55. The molecule has 1 aliphatic heterocycles. The minimum absolute atomic E-state index is 0. The smallest absolute Gasteiger partial charge is 0.249 e. The fourth-order valence-corrected chi connectivity index (χ4v) is 3.74. The third-order valence-electron chi connectivity index (χ3n) is 5.50. The minimum Gasteiger partial charge on any atom is -0.344 e. The maximum absolute atomic E-state index is 12.9. The van der Waals surface area contributed by atoms with Gasteiger partial charge < -0.3 is 15.2 Å². The second-order valence-electron chi connectivity index (χ2n) is 7.56. The molecule has 0 spiro atoms. The van der Waals surface area contributed by atoms with Crippen LogP contribution < -0.4 is 10.6 Å². The van der Waals surface area contributed by atoms with Gasteiger partial charge in [-0.2, -0.15) is 10.1 Å². The number of benzene rings is 1. The lowest BCUT2D eigenvalue weighted by Gasteiger charge is -2.18. The summed E-state index contributed by atoms with van der Waals surface area (Å²) in [6, 6.07) is 7.72. The fourth-order valence-electron chi connectivity index (χ4n) is 3.74. The molecule has 8 nitrogen and oxygen atoms in total. The van der Waals surface area contributed by atoms with Crippen molar-refractivity contribution >= 4 is 18.3 Å². The molecule has 1 fully saturated rings. The fraction of sp³-hybridized carbons (Fsp3) is 0.429. The van der Waals surface area contributed by atoms with Crippen molar-refractivity contribution in [2.75, 3.05) is 13.1 Å². The van der Waals surface area contributed by atoms with E-state index in [1.165, 1.54) is 5.56 Å². The minimum atomic E-state index is -0.367. The molecule has 1 unspecified atom stereocenters. The molecule has 4 rings (SSSR count). The van der Waals surface area contributed by atoms with Crippen LogP contribution in [0.5, 0.6) is 0 Å². The maximum atomic E-state index is 12.9. The Balaban J connectivity index is 0.00000256. The number of nitrogens with one attached hydrogen (secondary N) is 2. The molecular formula is C21H27ClN6O2. The number of amides is 1. The summed E-state index contributed by atoms with van der Waals surface area (Å²) in [5.74, 6) is 0.844. The van der Waals surface area contributed by atoms with Crippen molar-refractivity contribution in [1.82, 2.24) is 30.6 Å². The zero-order valence-corrected chi connectivity index (χ0v) is 18.1. The van der Waals surface area contributed by atoms with Crippen LogP contribution in [0.2, 0.25) is 0 Å². The standard InChI is InChI=1S/C21H26N6O2.ClH/c1-4-14-5-7-15(8-6-14)19-25-21(29-26-19)13(2)24-20(28)18-11-22-10-17(18)16-9-23-27(3)12-16;/h5-9,12-13,17-18,22H,4,10-11H2,1-3H3,(H,24,28);1H/t13?,17-,18+;/m1./s1. The van der Waals surface area contributed by atoms with E-state index in [4.69, 9.17) is 4.52 Å². The number of aryl methyl sites for hydroxylation is 2. The molecule has 1 aliphatic rings. The van der Waals surface area contributed by atoms with Gasteiger partial charge in [0.1, 0.15) is 6.04 Å². The van der Waals surface area contributed by atoms with E-state index in [0.717, 1.165) is 24.1 Å². The summed E-state index contributed by atoms with van der Waals surface area (Å²) in [6.07, 6.45) is 4.78. The van der Waals surface area contributed by atoms with E-state index in [0.29, 0.717) is 18.3 Å². The van der Waals surface area contributed by atoms with E-state index in [1.807, 2.05) is 38.5 Å². The van der Waals surface area contributed by atoms with E-state index in [1.54, 1.807) is 4.68 Å². The lowest BCUT2D eigenvalue weighted by molar-refractivity contribution is -0.125. The highest BCUT2D eigenvalue weighted by Crippen LogP contribution is 2.28. The van der Waals surface area contributed by atoms with E-state index < -0.39 is 0 Å². The molecule has 0 bridgehead atoms. The van der Waals surface area contributed by atoms with Gasteiger partial charge in [0.25, 0.3) is 0 Å². The first-order chi connectivity index (χ1) is 14.0. The van der Waals surface area contributed by atoms with Gasteiger partial charge in [0.15, 0.2) is 0 Å². The molecule has 2 N–H and O–H groups in total. The van der Waals surface area contributed by atoms with Crippen LogP contribution in [0.4, 0.5) is 0 Å². The van der Waals surface area contributed by atoms with Crippen molar-refractivity contribution in [3.8, 4) is 11.4 Å². The molecule has 0 saturated carbocycles. The number of aromatic nitrogens is 4. The van der Waals surface area contributed by atoms with Crippen LogP contribution in [0.25, 0.3) is 11.4 Å². The van der Waals surface area contributed by atoms with E-state index in [9.17, 15) is 4.79 Å². The van der Waals surface area contributed by atoms with Gasteiger partial charge in [0.2, 0.25) is 17.6 Å². The normalized spacial score (nSPS) is 19.3. The average Bonchev–Trinajstić information content (AvgIpc) is 3.48. The molecule has 1 amide bonds. The summed E-state index contributed by atoms with van der Waals surface area (Å²) in [5, 5.41) is 14.6. The highest BCUT2D eigenvalue weighted by atomic mass is 35.5. The molecule has 1 saturated heterocycles. The summed E-state index contributed by atoms with van der Waals surface area (Å²) in [7, 11) is 1.88. The second kappa shape index (κ2) is 9.40. The van der Waals surface area contributed by atoms with Crippen molar-refractivity contribution in [1.29, 1.82) is 0 Å². The van der Waals surface area contributed by atoms with E-state index in [-0.39, 0.29) is 36.2 Å². The van der Waals surface area contributed by atoms with Gasteiger partial charge in [-0.1, -0.05) is 36.3 Å². The molecule has 2 aromatic heterocycles. The zero-order chi connectivity index (χ0) is 20.4. The molecule has 3 atom stereocenters. The Morgan fingerprint density at radius 1 is 1.33 bits per heavy atom. The van der Waals surface area contributed by atoms with Gasteiger partial charge in [0.05, 0.1) is 12.1 Å². The zero-order valence-electron chi connectivity index (χ0n) is 17.3. The summed E-state index contributed by atoms with van der Waals surface area (Å²) < 4.78 is 7.17. The van der Waals surface area contributed by atoms with Gasteiger partial charge in [0, 0.05) is 37.8 Å². The van der Waals surface area contributed by atoms with Crippen molar-refractivity contribution in [3.63, 3.8) is 0 Å². The number of halogens is 1. The number of carbonyl (C=O) groups is 1. The number of carbonyl (C=O) groups excluding carboxylic acids is 1. The second-order valence-corrected chi connectivity index (χ2v) is 7.56. The van der Waals surface area contributed by atoms with Crippen molar-refractivity contribution in [3.05, 3.63) is 53.7 Å². The predicted molar refractivity (Wildman–Crippen MR) is 115 cm³/mol. The Hall–Kier alpha value is -2.71. The quantitative estimate of drug-likeness (QED) is 0.623. The van der Waals surface area contributed by atoms with Crippen LogP contribution in [0.15, 0.2) is 41.2 Å². The van der Waals surface area contributed by atoms with Crippen LogP contribution >= 0.6 is 12.4 Å². The Bertz CT molecular complexity index is 984. The van der Waals surface area contributed by atoms with Gasteiger partial charge in [-0.05, 0) is 24.5 Å². The SMILES string of the molecule is CCc1ccc(-c2noc(C(C)NC(=O)[C@H]3CNC[C@@H]3c3cnn(C)c3)n2)cc1.Cl. The molecule has 30 heavy (non-hydrogen) atoms. The van der Waals surface area contributed by atoms with Crippen LogP contribution in [-0.2, 0) is 18.3 Å². The van der Waals surface area contributed by atoms with Crippen LogP contribution in [0.1, 0.15) is 42.8 Å². The van der Waals surface area contributed by atoms with Gasteiger partial charge >= 0.3 is 0 Å². The molecule has 160 valence electrons. The topological polar surface area (TPSA) is 97.9 Å². The lowest BCUT2D eigenvalue weighted by atomic mass is 9.90.